The first-order chi connectivity index (χ1) is 17.4. The van der Waals surface area contributed by atoms with Crippen LogP contribution in [0.15, 0.2) is 24.5 Å². The lowest BCUT2D eigenvalue weighted by Crippen LogP contribution is -2.51. The van der Waals surface area contributed by atoms with E-state index >= 15 is 0 Å². The molecule has 2 aliphatic rings. The van der Waals surface area contributed by atoms with E-state index in [-0.39, 0.29) is 30.0 Å². The fraction of sp³-hybridized carbons (Fsp3) is 0.560. The van der Waals surface area contributed by atoms with E-state index in [0.717, 1.165) is 23.5 Å². The number of carbonyl (C=O) groups excluding carboxylic acids is 1. The van der Waals surface area contributed by atoms with Gasteiger partial charge >= 0.3 is 6.36 Å². The highest BCUT2D eigenvalue weighted by Crippen LogP contribution is 2.42. The number of nitrogens with zero attached hydrogens (tertiary/aromatic N) is 4. The number of amides is 1. The quantitative estimate of drug-likeness (QED) is 0.535. The molecule has 0 bridgehead atoms. The second-order valence-corrected chi connectivity index (χ2v) is 9.81. The van der Waals surface area contributed by atoms with Crippen molar-refractivity contribution in [2.24, 2.45) is 0 Å². The maximum Gasteiger partial charge on any atom is 0.573 e. The van der Waals surface area contributed by atoms with Crippen LogP contribution in [0.2, 0.25) is 0 Å². The van der Waals surface area contributed by atoms with Gasteiger partial charge in [0.25, 0.3) is 0 Å². The van der Waals surface area contributed by atoms with Crippen molar-refractivity contribution in [3.8, 4) is 5.75 Å². The number of aliphatic hydroxyl groups is 1. The highest BCUT2D eigenvalue weighted by molar-refractivity contribution is 5.84. The molecule has 1 aliphatic heterocycles. The molecule has 1 amide bonds. The first kappa shape index (κ1) is 27.1. The lowest BCUT2D eigenvalue weighted by Gasteiger charge is -2.38. The van der Waals surface area contributed by atoms with Gasteiger partial charge in [0.05, 0.1) is 17.7 Å². The number of benzene rings is 1. The van der Waals surface area contributed by atoms with Crippen LogP contribution in [0.1, 0.15) is 62.0 Å². The maximum absolute atomic E-state index is 14.4. The van der Waals surface area contributed by atoms with Gasteiger partial charge < -0.3 is 25.0 Å². The SMILES string of the molecule is CC(C)NCC(C(=O)N1CCN(c2ncnc3c2[C@H](C)C[C@H]3O)CC1)c1ccc(OC(F)(F)F)c(F)c1. The summed E-state index contributed by atoms with van der Waals surface area (Å²) < 4.78 is 55.8. The molecule has 1 aliphatic carbocycles. The molecule has 2 heterocycles. The number of fused-ring (bicyclic) bond motifs is 1. The smallest absolute Gasteiger partial charge is 0.403 e. The van der Waals surface area contributed by atoms with Crippen LogP contribution in [-0.2, 0) is 4.79 Å². The van der Waals surface area contributed by atoms with Crippen molar-refractivity contribution in [3.05, 3.63) is 47.2 Å². The van der Waals surface area contributed by atoms with Gasteiger partial charge in [-0.2, -0.15) is 0 Å². The number of rotatable bonds is 7. The number of hydrogen-bond donors (Lipinski definition) is 2. The Hall–Kier alpha value is -2.99. The number of nitrogens with one attached hydrogen (secondary N) is 1. The van der Waals surface area contributed by atoms with Crippen LogP contribution in [0.5, 0.6) is 5.75 Å². The van der Waals surface area contributed by atoms with E-state index in [1.54, 1.807) is 4.90 Å². The van der Waals surface area contributed by atoms with E-state index in [0.29, 0.717) is 38.3 Å². The Kier molecular flexibility index (Phi) is 7.88. The van der Waals surface area contributed by atoms with Crippen LogP contribution in [-0.4, -0.2) is 71.0 Å². The summed E-state index contributed by atoms with van der Waals surface area (Å²) in [6.45, 7) is 7.83. The van der Waals surface area contributed by atoms with Crippen molar-refractivity contribution in [3.63, 3.8) is 0 Å². The molecule has 8 nitrogen and oxygen atoms in total. The number of aliphatic hydroxyl groups excluding tert-OH is 1. The summed E-state index contributed by atoms with van der Waals surface area (Å²) >= 11 is 0. The van der Waals surface area contributed by atoms with Gasteiger partial charge in [-0.3, -0.25) is 4.79 Å². The van der Waals surface area contributed by atoms with Gasteiger partial charge in [-0.25, -0.2) is 14.4 Å². The molecule has 1 fully saturated rings. The van der Waals surface area contributed by atoms with Gasteiger partial charge in [0.2, 0.25) is 5.91 Å². The van der Waals surface area contributed by atoms with Gasteiger partial charge in [0, 0.05) is 44.3 Å². The van der Waals surface area contributed by atoms with E-state index in [9.17, 15) is 27.5 Å². The molecule has 4 rings (SSSR count). The van der Waals surface area contributed by atoms with Crippen LogP contribution >= 0.6 is 0 Å². The van der Waals surface area contributed by atoms with Crippen LogP contribution in [0.4, 0.5) is 23.4 Å². The average molecular weight is 526 g/mol. The molecule has 3 atom stereocenters. The lowest BCUT2D eigenvalue weighted by molar-refractivity contribution is -0.275. The second-order valence-electron chi connectivity index (χ2n) is 9.81. The van der Waals surface area contributed by atoms with Crippen LogP contribution in [0.25, 0.3) is 0 Å². The van der Waals surface area contributed by atoms with Gasteiger partial charge in [0.1, 0.15) is 12.1 Å². The standard InChI is InChI=1S/C25H31F4N5O3/c1-14(2)30-12-17(16-4-5-20(18(26)11-16)37-25(27,28)29)24(36)34-8-6-33(7-9-34)23-21-15(3)10-19(35)22(21)31-13-32-23/h4-5,11,13-15,17,19,30,35H,6-10,12H2,1-3H3/t15-,17?,19-/m1/s1. The molecule has 202 valence electrons. The van der Waals surface area contributed by atoms with Gasteiger partial charge in [0.15, 0.2) is 11.6 Å². The molecule has 1 saturated heterocycles. The van der Waals surface area contributed by atoms with Crippen molar-refractivity contribution in [2.45, 2.75) is 57.5 Å². The van der Waals surface area contributed by atoms with Gasteiger partial charge in [-0.1, -0.05) is 26.8 Å². The van der Waals surface area contributed by atoms with Crippen molar-refractivity contribution < 1.29 is 32.2 Å². The predicted molar refractivity (Wildman–Crippen MR) is 128 cm³/mol. The summed E-state index contributed by atoms with van der Waals surface area (Å²) in [5.74, 6) is -2.27. The Morgan fingerprint density at radius 3 is 2.54 bits per heavy atom. The molecule has 1 unspecified atom stereocenters. The largest absolute Gasteiger partial charge is 0.573 e. The molecule has 12 heteroatoms. The summed E-state index contributed by atoms with van der Waals surface area (Å²) in [5, 5.41) is 13.5. The summed E-state index contributed by atoms with van der Waals surface area (Å²) in [6, 6.07) is 3.17. The Labute approximate surface area is 212 Å². The fourth-order valence-electron chi connectivity index (χ4n) is 4.96. The number of aromatic nitrogens is 2. The molecule has 0 radical (unpaired) electrons. The number of ether oxygens (including phenoxy) is 1. The Morgan fingerprint density at radius 1 is 1.22 bits per heavy atom. The zero-order valence-electron chi connectivity index (χ0n) is 20.9. The van der Waals surface area contributed by atoms with Crippen molar-refractivity contribution >= 4 is 11.7 Å². The summed E-state index contributed by atoms with van der Waals surface area (Å²) in [4.78, 5) is 26.0. The lowest BCUT2D eigenvalue weighted by atomic mass is 9.96. The van der Waals surface area contributed by atoms with Gasteiger partial charge in [-0.15, -0.1) is 13.2 Å². The fourth-order valence-corrected chi connectivity index (χ4v) is 4.96. The Morgan fingerprint density at radius 2 is 1.92 bits per heavy atom. The number of alkyl halides is 3. The molecular formula is C25H31F4N5O3. The third kappa shape index (κ3) is 6.12. The van der Waals surface area contributed by atoms with E-state index in [1.165, 1.54) is 12.4 Å². The predicted octanol–water partition coefficient (Wildman–Crippen LogP) is 3.49. The number of hydrogen-bond acceptors (Lipinski definition) is 7. The molecule has 37 heavy (non-hydrogen) atoms. The molecule has 1 aromatic heterocycles. The monoisotopic (exact) mass is 525 g/mol. The normalized spacial score (nSPS) is 20.8. The number of carbonyl (C=O) groups is 1. The van der Waals surface area contributed by atoms with Crippen LogP contribution in [0.3, 0.4) is 0 Å². The molecule has 0 spiro atoms. The van der Waals surface area contributed by atoms with Crippen LogP contribution < -0.4 is 15.0 Å². The molecular weight excluding hydrogens is 494 g/mol. The average Bonchev–Trinajstić information content (AvgIpc) is 3.13. The first-order valence-electron chi connectivity index (χ1n) is 12.3. The van der Waals surface area contributed by atoms with E-state index in [1.807, 2.05) is 20.8 Å². The number of halogens is 4. The third-order valence-electron chi connectivity index (χ3n) is 6.78. The molecule has 2 N–H and O–H groups in total. The van der Waals surface area contributed by atoms with E-state index in [4.69, 9.17) is 0 Å². The highest BCUT2D eigenvalue weighted by Gasteiger charge is 2.36. The van der Waals surface area contributed by atoms with Crippen molar-refractivity contribution in [1.82, 2.24) is 20.2 Å². The minimum absolute atomic E-state index is 0.0435. The van der Waals surface area contributed by atoms with Crippen molar-refractivity contribution in [2.75, 3.05) is 37.6 Å². The van der Waals surface area contributed by atoms with Crippen LogP contribution in [0, 0.1) is 5.82 Å². The third-order valence-corrected chi connectivity index (χ3v) is 6.78. The number of piperazine rings is 1. The summed E-state index contributed by atoms with van der Waals surface area (Å²) in [7, 11) is 0. The molecule has 0 saturated carbocycles. The molecule has 2 aromatic rings. The second kappa shape index (κ2) is 10.8. The van der Waals surface area contributed by atoms with E-state index in [2.05, 4.69) is 24.9 Å². The van der Waals surface area contributed by atoms with Crippen molar-refractivity contribution in [1.29, 1.82) is 0 Å². The minimum atomic E-state index is -5.02. The zero-order chi connectivity index (χ0) is 26.9. The first-order valence-corrected chi connectivity index (χ1v) is 12.3. The summed E-state index contributed by atoms with van der Waals surface area (Å²) in [6.07, 6.45) is -3.60. The maximum atomic E-state index is 14.4. The zero-order valence-corrected chi connectivity index (χ0v) is 20.9. The topological polar surface area (TPSA) is 90.8 Å². The minimum Gasteiger partial charge on any atom is -0.403 e. The van der Waals surface area contributed by atoms with E-state index < -0.39 is 30.0 Å². The summed E-state index contributed by atoms with van der Waals surface area (Å²) in [5.41, 5.74) is 1.85. The highest BCUT2D eigenvalue weighted by atomic mass is 19.4. The van der Waals surface area contributed by atoms with Gasteiger partial charge in [-0.05, 0) is 30.0 Å². The Bertz CT molecular complexity index is 1120. The molecule has 1 aromatic carbocycles. The number of anilines is 1. The Balaban J connectivity index is 1.49.